The molecule has 7 nitrogen and oxygen atoms in total. The van der Waals surface area contributed by atoms with Gasteiger partial charge in [0.2, 0.25) is 0 Å². The summed E-state index contributed by atoms with van der Waals surface area (Å²) in [5.74, 6) is 0. The Morgan fingerprint density at radius 1 is 1.43 bits per heavy atom. The van der Waals surface area contributed by atoms with Gasteiger partial charge in [-0.25, -0.2) is 9.78 Å². The molecule has 0 spiro atoms. The minimum absolute atomic E-state index is 0.0894. The van der Waals surface area contributed by atoms with Crippen LogP contribution in [0.3, 0.4) is 0 Å². The van der Waals surface area contributed by atoms with Crippen LogP contribution in [-0.4, -0.2) is 40.3 Å². The Balaban J connectivity index is 1.72. The number of aromatic amines is 1. The zero-order chi connectivity index (χ0) is 19.7. The van der Waals surface area contributed by atoms with E-state index in [1.165, 1.54) is 5.56 Å². The Bertz CT molecular complexity index is 1020. The average molecular weight is 444 g/mol. The summed E-state index contributed by atoms with van der Waals surface area (Å²) in [7, 11) is 0. The third-order valence-corrected chi connectivity index (χ3v) is 5.57. The summed E-state index contributed by atoms with van der Waals surface area (Å²) in [6.45, 7) is 3.55. The molecule has 0 bridgehead atoms. The molecule has 1 unspecified atom stereocenters. The number of carboxylic acid groups (broad SMARTS) is 1. The number of H-pyrrole nitrogens is 1. The zero-order valence-corrected chi connectivity index (χ0v) is 17.1. The maximum atomic E-state index is 11.1. The van der Waals surface area contributed by atoms with Gasteiger partial charge in [0.1, 0.15) is 5.65 Å². The van der Waals surface area contributed by atoms with Crippen molar-refractivity contribution in [2.75, 3.05) is 23.3 Å². The minimum atomic E-state index is -0.978. The van der Waals surface area contributed by atoms with E-state index in [1.807, 2.05) is 18.3 Å². The maximum Gasteiger partial charge on any atom is 0.404 e. The predicted octanol–water partition coefficient (Wildman–Crippen LogP) is 4.61. The molecule has 1 fully saturated rings. The first-order valence-electron chi connectivity index (χ1n) is 9.25. The summed E-state index contributed by atoms with van der Waals surface area (Å²) in [4.78, 5) is 21.0. The zero-order valence-electron chi connectivity index (χ0n) is 15.5. The predicted molar refractivity (Wildman–Crippen MR) is 115 cm³/mol. The monoisotopic (exact) mass is 443 g/mol. The number of piperidine rings is 1. The highest BCUT2D eigenvalue weighted by Crippen LogP contribution is 2.39. The Hall–Kier alpha value is -2.74. The molecule has 3 heterocycles. The lowest BCUT2D eigenvalue weighted by atomic mass is 10.0. The molecule has 1 aromatic carbocycles. The molecule has 4 N–H and O–H groups in total. The number of amides is 1. The molecule has 146 valence electrons. The van der Waals surface area contributed by atoms with Gasteiger partial charge in [-0.1, -0.05) is 12.1 Å². The van der Waals surface area contributed by atoms with Crippen molar-refractivity contribution in [3.8, 4) is 0 Å². The molecule has 1 aliphatic heterocycles. The van der Waals surface area contributed by atoms with E-state index >= 15 is 0 Å². The fraction of sp³-hybridized carbons (Fsp3) is 0.300. The Labute approximate surface area is 171 Å². The van der Waals surface area contributed by atoms with Crippen molar-refractivity contribution < 1.29 is 9.90 Å². The first kappa shape index (κ1) is 18.6. The van der Waals surface area contributed by atoms with Gasteiger partial charge < -0.3 is 25.6 Å². The topological polar surface area (TPSA) is 93.3 Å². The molecule has 1 aliphatic rings. The van der Waals surface area contributed by atoms with Crippen LogP contribution in [0.5, 0.6) is 0 Å². The number of benzene rings is 1. The number of hydrogen-bond donors (Lipinski definition) is 4. The van der Waals surface area contributed by atoms with Gasteiger partial charge in [0, 0.05) is 37.2 Å². The van der Waals surface area contributed by atoms with Crippen LogP contribution in [0, 0.1) is 6.92 Å². The van der Waals surface area contributed by atoms with E-state index < -0.39 is 6.09 Å². The molecule has 4 rings (SSSR count). The van der Waals surface area contributed by atoms with Crippen LogP contribution in [0.15, 0.2) is 41.1 Å². The molecular formula is C20H22BrN5O2. The number of aromatic nitrogens is 2. The van der Waals surface area contributed by atoms with Gasteiger partial charge in [-0.2, -0.15) is 0 Å². The van der Waals surface area contributed by atoms with Gasteiger partial charge in [-0.3, -0.25) is 0 Å². The normalized spacial score (nSPS) is 16.9. The quantitative estimate of drug-likeness (QED) is 0.472. The molecular weight excluding hydrogens is 422 g/mol. The Kier molecular flexibility index (Phi) is 5.13. The number of hydrogen-bond acceptors (Lipinski definition) is 4. The number of nitrogens with zero attached hydrogens (tertiary/aromatic N) is 2. The van der Waals surface area contributed by atoms with Gasteiger partial charge in [-0.05, 0) is 53.4 Å². The summed E-state index contributed by atoms with van der Waals surface area (Å²) in [5.41, 5.74) is 4.96. The molecule has 28 heavy (non-hydrogen) atoms. The number of aryl methyl sites for hydroxylation is 1. The highest BCUT2D eigenvalue weighted by Gasteiger charge is 2.26. The average Bonchev–Trinajstić information content (AvgIpc) is 3.04. The second-order valence-electron chi connectivity index (χ2n) is 7.11. The molecule has 0 radical (unpaired) electrons. The smallest absolute Gasteiger partial charge is 0.404 e. The van der Waals surface area contributed by atoms with Gasteiger partial charge in [0.15, 0.2) is 0 Å². The molecule has 0 aliphatic carbocycles. The second-order valence-corrected chi connectivity index (χ2v) is 7.96. The second kappa shape index (κ2) is 7.71. The van der Waals surface area contributed by atoms with Gasteiger partial charge in [0.05, 0.1) is 21.2 Å². The lowest BCUT2D eigenvalue weighted by molar-refractivity contribution is 0.188. The third kappa shape index (κ3) is 3.77. The minimum Gasteiger partial charge on any atom is -0.465 e. The number of rotatable bonds is 4. The van der Waals surface area contributed by atoms with Crippen molar-refractivity contribution in [1.82, 2.24) is 15.3 Å². The number of anilines is 3. The summed E-state index contributed by atoms with van der Waals surface area (Å²) in [5, 5.41) is 16.2. The van der Waals surface area contributed by atoms with E-state index in [0.717, 1.165) is 52.0 Å². The van der Waals surface area contributed by atoms with Crippen molar-refractivity contribution in [2.24, 2.45) is 0 Å². The van der Waals surface area contributed by atoms with E-state index in [2.05, 4.69) is 60.5 Å². The molecule has 8 heteroatoms. The number of fused-ring (bicyclic) bond motifs is 1. The van der Waals surface area contributed by atoms with Gasteiger partial charge in [-0.15, -0.1) is 0 Å². The number of pyridine rings is 1. The maximum absolute atomic E-state index is 11.1. The van der Waals surface area contributed by atoms with Crippen molar-refractivity contribution in [1.29, 1.82) is 0 Å². The summed E-state index contributed by atoms with van der Waals surface area (Å²) < 4.78 is 0.892. The van der Waals surface area contributed by atoms with E-state index in [0.29, 0.717) is 6.54 Å². The molecule has 1 atom stereocenters. The van der Waals surface area contributed by atoms with Crippen LogP contribution in [0.2, 0.25) is 0 Å². The van der Waals surface area contributed by atoms with Crippen molar-refractivity contribution in [3.05, 3.63) is 46.7 Å². The lowest BCUT2D eigenvalue weighted by Gasteiger charge is -2.35. The van der Waals surface area contributed by atoms with Crippen LogP contribution >= 0.6 is 15.9 Å². The van der Waals surface area contributed by atoms with Crippen LogP contribution in [0.25, 0.3) is 11.0 Å². The van der Waals surface area contributed by atoms with Crippen LogP contribution in [0.4, 0.5) is 21.9 Å². The van der Waals surface area contributed by atoms with Crippen molar-refractivity contribution in [2.45, 2.75) is 25.8 Å². The Morgan fingerprint density at radius 2 is 2.29 bits per heavy atom. The highest BCUT2D eigenvalue weighted by molar-refractivity contribution is 9.10. The fourth-order valence-corrected chi connectivity index (χ4v) is 4.37. The highest BCUT2D eigenvalue weighted by atomic mass is 79.9. The van der Waals surface area contributed by atoms with Crippen molar-refractivity contribution in [3.63, 3.8) is 0 Å². The van der Waals surface area contributed by atoms with E-state index in [1.54, 1.807) is 6.20 Å². The van der Waals surface area contributed by atoms with E-state index in [9.17, 15) is 4.79 Å². The van der Waals surface area contributed by atoms with Crippen molar-refractivity contribution >= 4 is 50.1 Å². The number of halogens is 1. The standard InChI is InChI=1S/C20H22BrN5O2/c1-12-4-2-5-13(8-12)24-16-10-23-19-17(16)18(15(21)9-22-19)26-7-3-6-14(11-26)25-20(27)28/h2,4-5,8-10,14,24-25H,3,6-7,11H2,1H3,(H,22,23)(H,27,28). The molecule has 2 aromatic heterocycles. The number of nitrogens with one attached hydrogen (secondary N) is 3. The SMILES string of the molecule is Cc1cccc(Nc2c[nH]c3ncc(Br)c(N4CCCC(NC(=O)O)C4)c23)c1. The van der Waals surface area contributed by atoms with Gasteiger partial charge >= 0.3 is 6.09 Å². The van der Waals surface area contributed by atoms with E-state index in [4.69, 9.17) is 5.11 Å². The first-order valence-corrected chi connectivity index (χ1v) is 10.0. The van der Waals surface area contributed by atoms with Crippen LogP contribution in [-0.2, 0) is 0 Å². The van der Waals surface area contributed by atoms with Crippen LogP contribution in [0.1, 0.15) is 18.4 Å². The summed E-state index contributed by atoms with van der Waals surface area (Å²) >= 11 is 3.66. The molecule has 0 saturated carbocycles. The summed E-state index contributed by atoms with van der Waals surface area (Å²) in [6.07, 6.45) is 4.50. The Morgan fingerprint density at radius 3 is 3.07 bits per heavy atom. The van der Waals surface area contributed by atoms with E-state index in [-0.39, 0.29) is 6.04 Å². The fourth-order valence-electron chi connectivity index (χ4n) is 3.81. The van der Waals surface area contributed by atoms with Crippen LogP contribution < -0.4 is 15.5 Å². The number of carbonyl (C=O) groups is 1. The van der Waals surface area contributed by atoms with Gasteiger partial charge in [0.25, 0.3) is 0 Å². The summed E-state index contributed by atoms with van der Waals surface area (Å²) in [6, 6.07) is 8.12. The molecule has 3 aromatic rings. The third-order valence-electron chi connectivity index (χ3n) is 4.99. The lowest BCUT2D eigenvalue weighted by Crippen LogP contribution is -2.47. The molecule has 1 amide bonds. The molecule has 1 saturated heterocycles. The first-order chi connectivity index (χ1) is 13.5. The largest absolute Gasteiger partial charge is 0.465 e.